The Kier molecular flexibility index (Phi) is 4.01. The lowest BCUT2D eigenvalue weighted by molar-refractivity contribution is -0.411. The molecule has 2 aromatic rings. The van der Waals surface area contributed by atoms with Crippen LogP contribution in [0.15, 0.2) is 30.5 Å². The Hall–Kier alpha value is -2.48. The summed E-state index contributed by atoms with van der Waals surface area (Å²) in [7, 11) is 0. The summed E-state index contributed by atoms with van der Waals surface area (Å²) in [4.78, 5) is 29.4. The third-order valence-corrected chi connectivity index (χ3v) is 4.72. The van der Waals surface area contributed by atoms with E-state index in [1.165, 1.54) is 17.4 Å². The molecular formula is C14H15N4O3S+. The molecule has 22 heavy (non-hydrogen) atoms. The Labute approximate surface area is 131 Å². The van der Waals surface area contributed by atoms with Gasteiger partial charge in [-0.15, -0.1) is 11.3 Å². The van der Waals surface area contributed by atoms with Gasteiger partial charge in [0.2, 0.25) is 0 Å². The van der Waals surface area contributed by atoms with Crippen molar-refractivity contribution in [3.8, 4) is 0 Å². The highest BCUT2D eigenvalue weighted by Gasteiger charge is 2.31. The van der Waals surface area contributed by atoms with Crippen molar-refractivity contribution in [1.82, 2.24) is 0 Å². The van der Waals surface area contributed by atoms with E-state index in [0.717, 1.165) is 24.4 Å². The molecule has 1 N–H and O–H groups in total. The number of aldehydes is 1. The lowest BCUT2D eigenvalue weighted by Gasteiger charge is -2.31. The van der Waals surface area contributed by atoms with Gasteiger partial charge in [-0.05, 0) is 18.2 Å². The highest BCUT2D eigenvalue weighted by molar-refractivity contribution is 7.17. The van der Waals surface area contributed by atoms with Gasteiger partial charge in [0.25, 0.3) is 0 Å². The average molecular weight is 319 g/mol. The van der Waals surface area contributed by atoms with Gasteiger partial charge in [0.1, 0.15) is 13.1 Å². The van der Waals surface area contributed by atoms with Crippen molar-refractivity contribution in [2.45, 2.75) is 0 Å². The number of nitrogens with one attached hydrogen (secondary N) is 1. The van der Waals surface area contributed by atoms with Crippen LogP contribution in [0.3, 0.4) is 0 Å². The first-order chi connectivity index (χ1) is 10.7. The molecule has 1 aliphatic rings. The Morgan fingerprint density at radius 2 is 1.91 bits per heavy atom. The van der Waals surface area contributed by atoms with Gasteiger partial charge in [-0.3, -0.25) is 19.8 Å². The van der Waals surface area contributed by atoms with Gasteiger partial charge in [-0.1, -0.05) is 0 Å². The Balaban J connectivity index is 1.72. The van der Waals surface area contributed by atoms with Crippen LogP contribution in [0, 0.1) is 10.1 Å². The first-order valence-corrected chi connectivity index (χ1v) is 7.70. The van der Waals surface area contributed by atoms with E-state index in [9.17, 15) is 14.9 Å². The highest BCUT2D eigenvalue weighted by Crippen LogP contribution is 2.28. The van der Waals surface area contributed by atoms with E-state index in [1.54, 1.807) is 12.3 Å². The van der Waals surface area contributed by atoms with E-state index < -0.39 is 0 Å². The Morgan fingerprint density at radius 1 is 1.18 bits per heavy atom. The van der Waals surface area contributed by atoms with Crippen LogP contribution in [0.5, 0.6) is 0 Å². The van der Waals surface area contributed by atoms with E-state index in [1.807, 2.05) is 17.0 Å². The fourth-order valence-corrected chi connectivity index (χ4v) is 3.42. The minimum atomic E-state index is -0.367. The number of carbonyl (C=O) groups excluding carboxylic acids is 1. The number of aromatic nitrogens is 1. The fraction of sp³-hybridized carbons (Fsp3) is 0.286. The molecule has 1 fully saturated rings. The molecule has 0 spiro atoms. The monoisotopic (exact) mass is 319 g/mol. The quantitative estimate of drug-likeness (QED) is 0.486. The van der Waals surface area contributed by atoms with Crippen molar-refractivity contribution in [1.29, 1.82) is 0 Å². The molecule has 1 saturated heterocycles. The molecule has 0 aliphatic carbocycles. The zero-order chi connectivity index (χ0) is 15.5. The van der Waals surface area contributed by atoms with Crippen LogP contribution in [0.1, 0.15) is 9.67 Å². The van der Waals surface area contributed by atoms with Crippen LogP contribution in [0.4, 0.5) is 16.5 Å². The van der Waals surface area contributed by atoms with Crippen LogP contribution in [-0.2, 0) is 0 Å². The zero-order valence-corrected chi connectivity index (χ0v) is 12.6. The van der Waals surface area contributed by atoms with Gasteiger partial charge in [0.15, 0.2) is 6.29 Å². The summed E-state index contributed by atoms with van der Waals surface area (Å²) >= 11 is 1.47. The van der Waals surface area contributed by atoms with E-state index in [2.05, 4.69) is 9.88 Å². The number of thiophene rings is 1. The summed E-state index contributed by atoms with van der Waals surface area (Å²) in [6.45, 7) is 2.91. The molecule has 8 heteroatoms. The maximum Gasteiger partial charge on any atom is 0.357 e. The maximum absolute atomic E-state index is 11.1. The first kappa shape index (κ1) is 14.5. The minimum Gasteiger partial charge on any atom is -0.356 e. The Morgan fingerprint density at radius 3 is 2.55 bits per heavy atom. The molecule has 0 aromatic carbocycles. The van der Waals surface area contributed by atoms with E-state index in [4.69, 9.17) is 0 Å². The summed E-state index contributed by atoms with van der Waals surface area (Å²) in [5, 5.41) is 12.2. The number of hydrogen-bond donors (Lipinski definition) is 0. The van der Waals surface area contributed by atoms with E-state index in [-0.39, 0.29) is 10.6 Å². The third kappa shape index (κ3) is 2.77. The lowest BCUT2D eigenvalue weighted by Crippen LogP contribution is -2.48. The standard InChI is InChI=1S/C14H14N4O3S/c19-10-11-3-4-13(22-11)16-6-8-17(9-7-16)14-12(18(20)21)2-1-5-15-14/h1-5,10H,6-9H2/p+1. The van der Waals surface area contributed by atoms with Gasteiger partial charge in [0, 0.05) is 6.07 Å². The maximum atomic E-state index is 11.1. The zero-order valence-electron chi connectivity index (χ0n) is 11.8. The number of nitro groups is 1. The van der Waals surface area contributed by atoms with E-state index >= 15 is 0 Å². The van der Waals surface area contributed by atoms with Gasteiger partial charge < -0.3 is 4.90 Å². The van der Waals surface area contributed by atoms with Crippen LogP contribution in [-0.4, -0.2) is 37.4 Å². The highest BCUT2D eigenvalue weighted by atomic mass is 32.1. The van der Waals surface area contributed by atoms with Gasteiger partial charge in [-0.25, -0.2) is 4.98 Å². The summed E-state index contributed by atoms with van der Waals surface area (Å²) in [5.74, 6) is 0.548. The number of carbonyl (C=O) groups is 1. The molecule has 0 unspecified atom stereocenters. The van der Waals surface area contributed by atoms with Crippen molar-refractivity contribution in [2.75, 3.05) is 36.0 Å². The third-order valence-electron chi connectivity index (χ3n) is 3.65. The van der Waals surface area contributed by atoms with Gasteiger partial charge in [-0.2, -0.15) is 0 Å². The number of rotatable bonds is 4. The molecule has 0 saturated carbocycles. The molecule has 3 heterocycles. The number of pyridine rings is 1. The number of anilines is 2. The van der Waals surface area contributed by atoms with Crippen molar-refractivity contribution >= 4 is 34.1 Å². The summed E-state index contributed by atoms with van der Waals surface area (Å²) < 4.78 is 0. The number of piperazine rings is 1. The van der Waals surface area contributed by atoms with Crippen molar-refractivity contribution in [2.24, 2.45) is 0 Å². The van der Waals surface area contributed by atoms with E-state index in [0.29, 0.717) is 23.8 Å². The second kappa shape index (κ2) is 6.10. The summed E-state index contributed by atoms with van der Waals surface area (Å²) in [5.41, 5.74) is 0.0929. The normalized spacial score (nSPS) is 14.9. The summed E-state index contributed by atoms with van der Waals surface area (Å²) in [6, 6.07) is 6.90. The molecule has 3 rings (SSSR count). The number of H-pyrrole nitrogens is 1. The van der Waals surface area contributed by atoms with Crippen molar-refractivity contribution in [3.05, 3.63) is 45.5 Å². The predicted octanol–water partition coefficient (Wildman–Crippen LogP) is 1.61. The molecule has 1 aliphatic heterocycles. The Bertz CT molecular complexity index is 695. The van der Waals surface area contributed by atoms with Crippen molar-refractivity contribution < 1.29 is 14.7 Å². The molecular weight excluding hydrogens is 304 g/mol. The van der Waals surface area contributed by atoms with Crippen molar-refractivity contribution in [3.63, 3.8) is 0 Å². The topological polar surface area (TPSA) is 80.8 Å². The smallest absolute Gasteiger partial charge is 0.356 e. The number of hydrogen-bond acceptors (Lipinski definition) is 6. The molecule has 2 aromatic heterocycles. The minimum absolute atomic E-state index is 0.0929. The van der Waals surface area contributed by atoms with Crippen LogP contribution >= 0.6 is 11.3 Å². The SMILES string of the molecule is O=Cc1ccc(N2CCN(c3[nH+]cccc3[N+](=O)[O-])CC2)s1. The van der Waals surface area contributed by atoms with Gasteiger partial charge in [0.05, 0.1) is 34.1 Å². The van der Waals surface area contributed by atoms with Crippen LogP contribution in [0.25, 0.3) is 0 Å². The molecule has 0 amide bonds. The van der Waals surface area contributed by atoms with Gasteiger partial charge >= 0.3 is 11.5 Å². The van der Waals surface area contributed by atoms with Crippen LogP contribution in [0.2, 0.25) is 0 Å². The molecule has 0 radical (unpaired) electrons. The summed E-state index contributed by atoms with van der Waals surface area (Å²) in [6.07, 6.45) is 2.55. The number of aromatic amines is 1. The molecule has 7 nitrogen and oxygen atoms in total. The van der Waals surface area contributed by atoms with Crippen LogP contribution < -0.4 is 14.8 Å². The molecule has 114 valence electrons. The number of nitrogens with zero attached hydrogens (tertiary/aromatic N) is 3. The second-order valence-corrected chi connectivity index (χ2v) is 6.02. The fourth-order valence-electron chi connectivity index (χ4n) is 2.55. The average Bonchev–Trinajstić information content (AvgIpc) is 3.04. The lowest BCUT2D eigenvalue weighted by atomic mass is 10.3. The molecule has 0 atom stereocenters. The first-order valence-electron chi connectivity index (χ1n) is 6.89. The predicted molar refractivity (Wildman–Crippen MR) is 83.8 cm³/mol. The molecule has 0 bridgehead atoms. The second-order valence-electron chi connectivity index (χ2n) is 4.93. The largest absolute Gasteiger partial charge is 0.357 e.